The molecule has 0 aromatic rings. The lowest BCUT2D eigenvalue weighted by atomic mass is 10.0. The molecular weight excluding hydrogens is 212 g/mol. The molecule has 0 aromatic carbocycles. The number of sulfonamides is 1. The van der Waals surface area contributed by atoms with Crippen molar-refractivity contribution in [2.24, 2.45) is 5.92 Å². The van der Waals surface area contributed by atoms with E-state index in [1.54, 1.807) is 20.8 Å². The van der Waals surface area contributed by atoms with Gasteiger partial charge in [-0.3, -0.25) is 0 Å². The Labute approximate surface area is 91.9 Å². The molecule has 1 fully saturated rings. The molecule has 0 atom stereocenters. The van der Waals surface area contributed by atoms with Crippen molar-refractivity contribution in [1.82, 2.24) is 4.31 Å². The molecule has 0 saturated carbocycles. The van der Waals surface area contributed by atoms with Gasteiger partial charge in [0.2, 0.25) is 10.0 Å². The van der Waals surface area contributed by atoms with Crippen LogP contribution in [-0.2, 0) is 10.0 Å². The average molecular weight is 230 g/mol. The van der Waals surface area contributed by atoms with E-state index in [-0.39, 0.29) is 5.92 Å². The van der Waals surface area contributed by atoms with Crippen LogP contribution in [-0.4, -0.2) is 30.6 Å². The lowest BCUT2D eigenvalue weighted by Gasteiger charge is -2.33. The van der Waals surface area contributed by atoms with Gasteiger partial charge in [-0.1, -0.05) is 0 Å². The maximum atomic E-state index is 12.0. The van der Waals surface area contributed by atoms with Crippen molar-refractivity contribution in [3.63, 3.8) is 0 Å². The van der Waals surface area contributed by atoms with Crippen LogP contribution in [0.4, 0.5) is 0 Å². The van der Waals surface area contributed by atoms with Gasteiger partial charge in [-0.2, -0.15) is 5.26 Å². The topological polar surface area (TPSA) is 61.2 Å². The molecule has 0 spiro atoms. The zero-order chi connectivity index (χ0) is 11.7. The molecule has 1 heterocycles. The number of rotatable bonds is 1. The molecule has 15 heavy (non-hydrogen) atoms. The van der Waals surface area contributed by atoms with Gasteiger partial charge in [0.25, 0.3) is 0 Å². The first-order valence-corrected chi connectivity index (χ1v) is 6.62. The molecule has 1 saturated heterocycles. The van der Waals surface area contributed by atoms with Crippen molar-refractivity contribution in [3.05, 3.63) is 0 Å². The van der Waals surface area contributed by atoms with E-state index in [2.05, 4.69) is 6.07 Å². The Bertz CT molecular complexity index is 354. The SMILES string of the molecule is CC(C)(C)S(=O)(=O)N1CCC(C#N)CC1. The third kappa shape index (κ3) is 2.50. The summed E-state index contributed by atoms with van der Waals surface area (Å²) in [7, 11) is -3.21. The Balaban J connectivity index is 2.74. The Morgan fingerprint density at radius 3 is 2.07 bits per heavy atom. The standard InChI is InChI=1S/C10H18N2O2S/c1-10(2,3)15(13,14)12-6-4-9(8-11)5-7-12/h9H,4-7H2,1-3H3. The number of nitrogens with zero attached hydrogens (tertiary/aromatic N) is 2. The summed E-state index contributed by atoms with van der Waals surface area (Å²) in [4.78, 5) is 0. The molecule has 1 rings (SSSR count). The minimum absolute atomic E-state index is 0.0245. The van der Waals surface area contributed by atoms with Crippen molar-refractivity contribution >= 4 is 10.0 Å². The van der Waals surface area contributed by atoms with E-state index >= 15 is 0 Å². The molecule has 0 radical (unpaired) electrons. The van der Waals surface area contributed by atoms with Crippen LogP contribution >= 0.6 is 0 Å². The van der Waals surface area contributed by atoms with Gasteiger partial charge in [-0.25, -0.2) is 12.7 Å². The van der Waals surface area contributed by atoms with Crippen molar-refractivity contribution in [1.29, 1.82) is 5.26 Å². The monoisotopic (exact) mass is 230 g/mol. The van der Waals surface area contributed by atoms with E-state index in [1.165, 1.54) is 4.31 Å². The zero-order valence-electron chi connectivity index (χ0n) is 9.52. The molecule has 1 aliphatic rings. The summed E-state index contributed by atoms with van der Waals surface area (Å²) in [6.45, 7) is 6.09. The fourth-order valence-corrected chi connectivity index (χ4v) is 3.08. The molecule has 1 aliphatic heterocycles. The summed E-state index contributed by atoms with van der Waals surface area (Å²) in [5, 5.41) is 8.72. The van der Waals surface area contributed by atoms with E-state index in [9.17, 15) is 8.42 Å². The number of hydrogen-bond donors (Lipinski definition) is 0. The maximum Gasteiger partial charge on any atom is 0.219 e. The average Bonchev–Trinajstić information content (AvgIpc) is 2.16. The summed E-state index contributed by atoms with van der Waals surface area (Å²) in [6.07, 6.45) is 1.32. The number of nitriles is 1. The molecule has 0 aliphatic carbocycles. The largest absolute Gasteiger partial charge is 0.219 e. The van der Waals surface area contributed by atoms with Gasteiger partial charge in [0, 0.05) is 19.0 Å². The lowest BCUT2D eigenvalue weighted by Crippen LogP contribution is -2.46. The van der Waals surface area contributed by atoms with E-state index in [1.807, 2.05) is 0 Å². The van der Waals surface area contributed by atoms with Crippen LogP contribution in [0, 0.1) is 17.2 Å². The quantitative estimate of drug-likeness (QED) is 0.683. The molecule has 0 bridgehead atoms. The van der Waals surface area contributed by atoms with E-state index in [0.717, 1.165) is 0 Å². The van der Waals surface area contributed by atoms with Crippen LogP contribution in [0.2, 0.25) is 0 Å². The fraction of sp³-hybridized carbons (Fsp3) is 0.900. The number of hydrogen-bond acceptors (Lipinski definition) is 3. The Morgan fingerprint density at radius 2 is 1.73 bits per heavy atom. The van der Waals surface area contributed by atoms with Crippen molar-refractivity contribution < 1.29 is 8.42 Å². The third-order valence-corrected chi connectivity index (χ3v) is 5.34. The van der Waals surface area contributed by atoms with Crippen LogP contribution in [0.25, 0.3) is 0 Å². The first-order chi connectivity index (χ1) is 6.79. The zero-order valence-corrected chi connectivity index (χ0v) is 10.3. The highest BCUT2D eigenvalue weighted by Crippen LogP contribution is 2.25. The highest BCUT2D eigenvalue weighted by Gasteiger charge is 2.37. The Hall–Kier alpha value is -0.600. The summed E-state index contributed by atoms with van der Waals surface area (Å²) in [5.74, 6) is 0.0245. The van der Waals surface area contributed by atoms with Gasteiger partial charge in [-0.05, 0) is 33.6 Å². The minimum Gasteiger partial charge on any atom is -0.212 e. The van der Waals surface area contributed by atoms with Gasteiger partial charge in [-0.15, -0.1) is 0 Å². The van der Waals surface area contributed by atoms with Gasteiger partial charge in [0.1, 0.15) is 0 Å². The van der Waals surface area contributed by atoms with Gasteiger partial charge >= 0.3 is 0 Å². The predicted octanol–water partition coefficient (Wildman–Crippen LogP) is 1.35. The van der Waals surface area contributed by atoms with Crippen LogP contribution in [0.5, 0.6) is 0 Å². The van der Waals surface area contributed by atoms with Gasteiger partial charge in [0.05, 0.1) is 10.8 Å². The first kappa shape index (κ1) is 12.5. The van der Waals surface area contributed by atoms with Crippen molar-refractivity contribution in [2.75, 3.05) is 13.1 Å². The van der Waals surface area contributed by atoms with Crippen LogP contribution in [0.1, 0.15) is 33.6 Å². The van der Waals surface area contributed by atoms with Gasteiger partial charge in [0.15, 0.2) is 0 Å². The predicted molar refractivity (Wildman–Crippen MR) is 58.6 cm³/mol. The highest BCUT2D eigenvalue weighted by atomic mass is 32.2. The molecule has 5 heteroatoms. The Kier molecular flexibility index (Phi) is 3.41. The summed E-state index contributed by atoms with van der Waals surface area (Å²) >= 11 is 0. The van der Waals surface area contributed by atoms with Crippen LogP contribution < -0.4 is 0 Å². The summed E-state index contributed by atoms with van der Waals surface area (Å²) in [6, 6.07) is 2.19. The van der Waals surface area contributed by atoms with Crippen LogP contribution in [0.15, 0.2) is 0 Å². The van der Waals surface area contributed by atoms with Crippen LogP contribution in [0.3, 0.4) is 0 Å². The second kappa shape index (κ2) is 4.11. The Morgan fingerprint density at radius 1 is 1.27 bits per heavy atom. The lowest BCUT2D eigenvalue weighted by molar-refractivity contribution is 0.303. The normalized spacial score (nSPS) is 21.2. The fourth-order valence-electron chi connectivity index (χ4n) is 1.61. The smallest absolute Gasteiger partial charge is 0.212 e. The highest BCUT2D eigenvalue weighted by molar-refractivity contribution is 7.90. The maximum absolute atomic E-state index is 12.0. The van der Waals surface area contributed by atoms with Crippen molar-refractivity contribution in [3.8, 4) is 6.07 Å². The summed E-state index contributed by atoms with van der Waals surface area (Å²) in [5.41, 5.74) is 0. The second-order valence-corrected chi connectivity index (χ2v) is 7.61. The van der Waals surface area contributed by atoms with Crippen molar-refractivity contribution in [2.45, 2.75) is 38.4 Å². The molecular formula is C10H18N2O2S. The van der Waals surface area contributed by atoms with E-state index < -0.39 is 14.8 Å². The number of piperidine rings is 1. The molecule has 0 amide bonds. The molecule has 4 nitrogen and oxygen atoms in total. The van der Waals surface area contributed by atoms with E-state index in [0.29, 0.717) is 25.9 Å². The summed E-state index contributed by atoms with van der Waals surface area (Å²) < 4.78 is 24.9. The molecule has 86 valence electrons. The van der Waals surface area contributed by atoms with Gasteiger partial charge < -0.3 is 0 Å². The molecule has 0 unspecified atom stereocenters. The molecule has 0 aromatic heterocycles. The van der Waals surface area contributed by atoms with E-state index in [4.69, 9.17) is 5.26 Å². The second-order valence-electron chi connectivity index (χ2n) is 4.92. The third-order valence-electron chi connectivity index (χ3n) is 2.75. The molecule has 0 N–H and O–H groups in total. The minimum atomic E-state index is -3.21. The first-order valence-electron chi connectivity index (χ1n) is 5.18.